The first-order valence-corrected chi connectivity index (χ1v) is 8.12. The normalized spacial score (nSPS) is 10.9. The van der Waals surface area contributed by atoms with E-state index in [1.165, 1.54) is 45.6 Å². The minimum Gasteiger partial charge on any atom is -0.496 e. The summed E-state index contributed by atoms with van der Waals surface area (Å²) in [7, 11) is 4.29. The van der Waals surface area contributed by atoms with E-state index >= 15 is 0 Å². The quantitative estimate of drug-likeness (QED) is 0.347. The highest BCUT2D eigenvalue weighted by molar-refractivity contribution is 6.10. The smallest absolute Gasteiger partial charge is 0.193 e. The molecule has 2 rings (SSSR count). The lowest BCUT2D eigenvalue weighted by Gasteiger charge is -2.15. The van der Waals surface area contributed by atoms with Crippen LogP contribution >= 0.6 is 0 Å². The molecule has 6 nitrogen and oxygen atoms in total. The Kier molecular flexibility index (Phi) is 7.91. The number of carbonyl (C=O) groups excluding carboxylic acids is 1. The van der Waals surface area contributed by atoms with Crippen LogP contribution in [0.5, 0.6) is 17.2 Å². The van der Waals surface area contributed by atoms with Crippen LogP contribution in [0.4, 0.5) is 8.78 Å². The highest BCUT2D eigenvalue weighted by Gasteiger charge is 2.19. The Morgan fingerprint density at radius 3 is 2.11 bits per heavy atom. The van der Waals surface area contributed by atoms with Crippen molar-refractivity contribution in [3.8, 4) is 17.2 Å². The zero-order valence-corrected chi connectivity index (χ0v) is 15.7. The summed E-state index contributed by atoms with van der Waals surface area (Å²) in [4.78, 5) is 12.7. The number of ketones is 1. The van der Waals surface area contributed by atoms with Crippen LogP contribution in [0.3, 0.4) is 0 Å². The van der Waals surface area contributed by atoms with Gasteiger partial charge < -0.3 is 23.7 Å². The van der Waals surface area contributed by atoms with E-state index in [4.69, 9.17) is 23.7 Å². The Morgan fingerprint density at radius 1 is 0.893 bits per heavy atom. The average molecular weight is 394 g/mol. The topological polar surface area (TPSA) is 63.2 Å². The van der Waals surface area contributed by atoms with Crippen molar-refractivity contribution >= 4 is 11.9 Å². The third-order valence-electron chi connectivity index (χ3n) is 3.49. The van der Waals surface area contributed by atoms with Gasteiger partial charge in [0, 0.05) is 32.4 Å². The third-order valence-corrected chi connectivity index (χ3v) is 3.49. The standard InChI is InChI=1S/C20H20F2O6/c1-24-11-27-16-9-18(26-3)20(19(10-16)28-12-25-2)17(23)5-4-13-6-14(21)8-15(22)7-13/h4-10H,11-12H2,1-3H3/b5-4+. The van der Waals surface area contributed by atoms with Crippen LogP contribution in [-0.4, -0.2) is 40.7 Å². The first kappa shape index (κ1) is 21.3. The summed E-state index contributed by atoms with van der Waals surface area (Å²) in [6.45, 7) is -0.124. The molecular weight excluding hydrogens is 374 g/mol. The molecule has 0 fully saturated rings. The molecule has 0 unspecified atom stereocenters. The third kappa shape index (κ3) is 5.77. The van der Waals surface area contributed by atoms with Crippen LogP contribution in [0.1, 0.15) is 15.9 Å². The van der Waals surface area contributed by atoms with Gasteiger partial charge in [-0.2, -0.15) is 0 Å². The fourth-order valence-corrected chi connectivity index (χ4v) is 2.34. The maximum atomic E-state index is 13.3. The summed E-state index contributed by atoms with van der Waals surface area (Å²) in [6.07, 6.45) is 2.46. The number of hydrogen-bond donors (Lipinski definition) is 0. The molecule has 0 radical (unpaired) electrons. The Labute approximate surface area is 161 Å². The van der Waals surface area contributed by atoms with E-state index in [9.17, 15) is 13.6 Å². The Morgan fingerprint density at radius 2 is 1.50 bits per heavy atom. The number of carbonyl (C=O) groups is 1. The van der Waals surface area contributed by atoms with Crippen LogP contribution < -0.4 is 14.2 Å². The van der Waals surface area contributed by atoms with Gasteiger partial charge in [-0.1, -0.05) is 6.08 Å². The van der Waals surface area contributed by atoms with Crippen molar-refractivity contribution in [1.82, 2.24) is 0 Å². The fraction of sp³-hybridized carbons (Fsp3) is 0.250. The summed E-state index contributed by atoms with van der Waals surface area (Å²) < 4.78 is 52.5. The monoisotopic (exact) mass is 394 g/mol. The highest BCUT2D eigenvalue weighted by atomic mass is 19.1. The molecule has 0 bridgehead atoms. The molecule has 2 aromatic rings. The van der Waals surface area contributed by atoms with Gasteiger partial charge in [0.2, 0.25) is 0 Å². The van der Waals surface area contributed by atoms with Crippen LogP contribution in [0.25, 0.3) is 6.08 Å². The molecule has 28 heavy (non-hydrogen) atoms. The number of rotatable bonds is 10. The molecule has 0 N–H and O–H groups in total. The molecule has 0 aromatic heterocycles. The van der Waals surface area contributed by atoms with Gasteiger partial charge >= 0.3 is 0 Å². The predicted molar refractivity (Wildman–Crippen MR) is 97.7 cm³/mol. The molecule has 150 valence electrons. The van der Waals surface area contributed by atoms with E-state index in [1.54, 1.807) is 0 Å². The van der Waals surface area contributed by atoms with E-state index in [2.05, 4.69) is 0 Å². The summed E-state index contributed by atoms with van der Waals surface area (Å²) in [5.74, 6) is -1.27. The number of benzene rings is 2. The summed E-state index contributed by atoms with van der Waals surface area (Å²) in [5.41, 5.74) is 0.307. The lowest BCUT2D eigenvalue weighted by atomic mass is 10.1. The first-order valence-electron chi connectivity index (χ1n) is 8.12. The average Bonchev–Trinajstić information content (AvgIpc) is 2.67. The van der Waals surface area contributed by atoms with Gasteiger partial charge in [0.1, 0.15) is 34.4 Å². The van der Waals surface area contributed by atoms with Crippen LogP contribution in [-0.2, 0) is 9.47 Å². The lowest BCUT2D eigenvalue weighted by Crippen LogP contribution is -2.08. The van der Waals surface area contributed by atoms with E-state index in [-0.39, 0.29) is 36.2 Å². The van der Waals surface area contributed by atoms with Gasteiger partial charge in [-0.05, 0) is 23.8 Å². The minimum absolute atomic E-state index is 0.00873. The summed E-state index contributed by atoms with van der Waals surface area (Å²) in [5, 5.41) is 0. The molecule has 0 aliphatic heterocycles. The zero-order valence-electron chi connectivity index (χ0n) is 15.7. The molecule has 0 atom stereocenters. The number of halogens is 2. The van der Waals surface area contributed by atoms with Gasteiger partial charge in [-0.3, -0.25) is 4.79 Å². The van der Waals surface area contributed by atoms with Crippen molar-refractivity contribution in [2.75, 3.05) is 34.9 Å². The molecule has 0 spiro atoms. The van der Waals surface area contributed by atoms with Gasteiger partial charge in [-0.25, -0.2) is 8.78 Å². The maximum absolute atomic E-state index is 13.3. The van der Waals surface area contributed by atoms with Gasteiger partial charge in [0.15, 0.2) is 19.4 Å². The van der Waals surface area contributed by atoms with Crippen molar-refractivity contribution in [2.24, 2.45) is 0 Å². The largest absolute Gasteiger partial charge is 0.496 e. The number of ether oxygens (including phenoxy) is 5. The SMILES string of the molecule is COCOc1cc(OC)c(C(=O)/C=C/c2cc(F)cc(F)c2)c(OCOC)c1. The second kappa shape index (κ2) is 10.4. The molecule has 2 aromatic carbocycles. The molecule has 0 saturated carbocycles. The number of hydrogen-bond acceptors (Lipinski definition) is 6. The number of methoxy groups -OCH3 is 3. The maximum Gasteiger partial charge on any atom is 0.193 e. The predicted octanol–water partition coefficient (Wildman–Crippen LogP) is 3.83. The zero-order chi connectivity index (χ0) is 20.5. The fourth-order valence-electron chi connectivity index (χ4n) is 2.34. The molecule has 0 aliphatic carbocycles. The van der Waals surface area contributed by atoms with Gasteiger partial charge in [0.05, 0.1) is 7.11 Å². The van der Waals surface area contributed by atoms with E-state index in [0.29, 0.717) is 5.75 Å². The number of allylic oxidation sites excluding steroid dienone is 1. The Hall–Kier alpha value is -2.97. The van der Waals surface area contributed by atoms with E-state index in [1.807, 2.05) is 0 Å². The molecular formula is C20H20F2O6. The first-order chi connectivity index (χ1) is 13.5. The second-order valence-electron chi connectivity index (χ2n) is 5.50. The van der Waals surface area contributed by atoms with Crippen molar-refractivity contribution in [3.05, 3.63) is 59.2 Å². The van der Waals surface area contributed by atoms with Crippen LogP contribution in [0, 0.1) is 11.6 Å². The molecule has 0 amide bonds. The van der Waals surface area contributed by atoms with Crippen molar-refractivity contribution in [3.63, 3.8) is 0 Å². The van der Waals surface area contributed by atoms with Gasteiger partial charge in [-0.15, -0.1) is 0 Å². The molecule has 0 saturated heterocycles. The van der Waals surface area contributed by atoms with Crippen LogP contribution in [0.15, 0.2) is 36.4 Å². The molecule has 8 heteroatoms. The Bertz CT molecular complexity index is 831. The van der Waals surface area contributed by atoms with Crippen molar-refractivity contribution in [2.45, 2.75) is 0 Å². The summed E-state index contributed by atoms with van der Waals surface area (Å²) >= 11 is 0. The summed E-state index contributed by atoms with van der Waals surface area (Å²) in [6, 6.07) is 5.95. The van der Waals surface area contributed by atoms with Crippen molar-refractivity contribution < 1.29 is 37.3 Å². The van der Waals surface area contributed by atoms with Crippen molar-refractivity contribution in [1.29, 1.82) is 0 Å². The lowest BCUT2D eigenvalue weighted by molar-refractivity contribution is 0.0453. The van der Waals surface area contributed by atoms with Crippen LogP contribution in [0.2, 0.25) is 0 Å². The van der Waals surface area contributed by atoms with E-state index in [0.717, 1.165) is 18.2 Å². The Balaban J connectivity index is 2.39. The molecule has 0 aliphatic rings. The molecule has 0 heterocycles. The minimum atomic E-state index is -0.742. The second-order valence-corrected chi connectivity index (χ2v) is 5.50. The van der Waals surface area contributed by atoms with Gasteiger partial charge in [0.25, 0.3) is 0 Å². The highest BCUT2D eigenvalue weighted by Crippen LogP contribution is 2.35. The van der Waals surface area contributed by atoms with E-state index < -0.39 is 17.4 Å².